The summed E-state index contributed by atoms with van der Waals surface area (Å²) < 4.78 is 319. The van der Waals surface area contributed by atoms with E-state index >= 15 is 0 Å². The molecule has 39 heteroatoms. The Morgan fingerprint density at radius 2 is 0.754 bits per heavy atom. The highest BCUT2D eigenvalue weighted by Gasteiger charge is 2.59. The van der Waals surface area contributed by atoms with Gasteiger partial charge in [0.1, 0.15) is 6.07 Å². The number of aliphatic hydroxyl groups excluding tert-OH is 1. The number of methoxy groups -OCH3 is 1. The predicted molar refractivity (Wildman–Crippen MR) is 148 cm³/mol. The second kappa shape index (κ2) is 31.2. The minimum absolute atomic E-state index is 0. The van der Waals surface area contributed by atoms with Crippen molar-refractivity contribution in [1.82, 2.24) is 0 Å². The van der Waals surface area contributed by atoms with E-state index in [1.807, 2.05) is 0 Å². The third-order valence-corrected chi connectivity index (χ3v) is 4.45. The van der Waals surface area contributed by atoms with E-state index in [-0.39, 0.29) is 16.8 Å². The molecular weight excluding hydrogens is 1080 g/mol. The second-order valence-electron chi connectivity index (χ2n) is 7.40. The van der Waals surface area contributed by atoms with Crippen LogP contribution in [0.5, 0.6) is 0 Å². The van der Waals surface area contributed by atoms with Gasteiger partial charge >= 0.3 is 59.8 Å². The maximum absolute atomic E-state index is 11.5. The van der Waals surface area contributed by atoms with Crippen molar-refractivity contribution in [3.63, 3.8) is 0 Å². The van der Waals surface area contributed by atoms with E-state index in [9.17, 15) is 118 Å². The molecule has 1 atom stereocenters. The van der Waals surface area contributed by atoms with E-state index in [0.717, 1.165) is 14.2 Å². The van der Waals surface area contributed by atoms with Crippen LogP contribution in [0, 0.1) is 0 Å². The lowest BCUT2D eigenvalue weighted by molar-refractivity contribution is -0.328. The molecule has 0 saturated heterocycles. The van der Waals surface area contributed by atoms with Gasteiger partial charge in [0.2, 0.25) is 12.2 Å². The highest BCUT2D eigenvalue weighted by atomic mass is 127. The van der Waals surface area contributed by atoms with Crippen LogP contribution < -0.4 is 4.70 Å². The zero-order chi connectivity index (χ0) is 45.8. The summed E-state index contributed by atoms with van der Waals surface area (Å²) in [5.41, 5.74) is 0. The van der Waals surface area contributed by atoms with E-state index < -0.39 is 97.2 Å². The Kier molecular flexibility index (Phi) is 42.1. The highest BCUT2D eigenvalue weighted by molar-refractivity contribution is 14.2. The molecule has 0 bridgehead atoms. The number of aliphatic hydroxyl groups is 1. The molecular formula is C18H25ClF27IO8PS-. The zero-order valence-corrected chi connectivity index (χ0v) is 30.9. The van der Waals surface area contributed by atoms with Crippen molar-refractivity contribution in [2.24, 2.45) is 0 Å². The van der Waals surface area contributed by atoms with Crippen molar-refractivity contribution in [2.45, 2.75) is 81.3 Å². The van der Waals surface area contributed by atoms with Gasteiger partial charge in [-0.2, -0.15) is 114 Å². The first-order valence-corrected chi connectivity index (χ1v) is 17.1. The summed E-state index contributed by atoms with van der Waals surface area (Å²) >= 11 is 6.65. The molecule has 0 aromatic carbocycles. The molecule has 0 rings (SSSR count). The maximum Gasteiger partial charge on any atom is 0.423 e. The Morgan fingerprint density at radius 1 is 0.544 bits per heavy atom. The average molecular weight is 1110 g/mol. The molecule has 1 N–H and O–H groups in total. The molecule has 0 heterocycles. The molecule has 57 heavy (non-hydrogen) atoms. The van der Waals surface area contributed by atoms with Gasteiger partial charge in [0.15, 0.2) is 6.86 Å². The van der Waals surface area contributed by atoms with E-state index in [2.05, 4.69) is 63.1 Å². The van der Waals surface area contributed by atoms with E-state index in [1.165, 1.54) is 0 Å². The van der Waals surface area contributed by atoms with Crippen molar-refractivity contribution in [3.8, 4) is 0 Å². The van der Waals surface area contributed by atoms with Gasteiger partial charge in [-0.25, -0.2) is 4.39 Å². The van der Waals surface area contributed by atoms with Crippen LogP contribution in [-0.4, -0.2) is 122 Å². The minimum atomic E-state index is -5.63. The lowest BCUT2D eigenvalue weighted by Gasteiger charge is -2.21. The van der Waals surface area contributed by atoms with Gasteiger partial charge in [0, 0.05) is 7.11 Å². The predicted octanol–water partition coefficient (Wildman–Crippen LogP) is 7.24. The Balaban J connectivity index is -0.0000000710. The fourth-order valence-electron chi connectivity index (χ4n) is 1.58. The first-order chi connectivity index (χ1) is 23.4. The van der Waals surface area contributed by atoms with Crippen molar-refractivity contribution < 1.29 is 155 Å². The standard InChI is InChI=1S/C4H3ClF6O.C4H3F7O.C4H4F6O.C3H2F6O.C2H6O4S.CH4.2FH.H2IP/c2*5-1-12-2(3(6,7)8)4(9,10)11;1-11-2(3(5,6)7)4(8,9)10;4-2(5,6)1(10)3(7,8)9;1-5-7(3,4)6-2;;;;1-2/h2*2H,1H2;2H,1H3;1,10H;1-2H3;1H4;2*1H;2H2/p-1. The van der Waals surface area contributed by atoms with E-state index in [0.29, 0.717) is 7.11 Å². The number of alkyl halides is 26. The van der Waals surface area contributed by atoms with Crippen LogP contribution >= 0.6 is 40.5 Å². The van der Waals surface area contributed by atoms with Gasteiger partial charge in [-0.3, -0.25) is 13.1 Å². The smallest absolute Gasteiger partial charge is 0.423 e. The van der Waals surface area contributed by atoms with Crippen LogP contribution in [0.25, 0.3) is 0 Å². The minimum Gasteiger partial charge on any atom is -1.00 e. The van der Waals surface area contributed by atoms with Crippen molar-refractivity contribution in [1.29, 1.82) is 0 Å². The van der Waals surface area contributed by atoms with Gasteiger partial charge in [-0.1, -0.05) is 48.0 Å². The molecule has 0 amide bonds. The molecule has 0 aliphatic heterocycles. The monoisotopic (exact) mass is 1110 g/mol. The molecule has 0 aromatic rings. The maximum atomic E-state index is 11.5. The Bertz CT molecular complexity index is 946. The topological polar surface area (TPSA) is 101 Å². The molecule has 0 aliphatic carbocycles. The number of hydrogen-bond acceptors (Lipinski definition) is 8. The van der Waals surface area contributed by atoms with Crippen LogP contribution in [0.15, 0.2) is 0 Å². The highest BCUT2D eigenvalue weighted by Crippen LogP contribution is 2.37. The van der Waals surface area contributed by atoms with Gasteiger partial charge in [0.25, 0.3) is 12.2 Å². The molecule has 0 radical (unpaired) electrons. The Morgan fingerprint density at radius 3 is 0.789 bits per heavy atom. The van der Waals surface area contributed by atoms with Gasteiger partial charge in [-0.15, -0.1) is 0 Å². The largest absolute Gasteiger partial charge is 1.00 e. The summed E-state index contributed by atoms with van der Waals surface area (Å²) in [6.07, 6.45) is -60.0. The van der Waals surface area contributed by atoms with Crippen LogP contribution in [0.2, 0.25) is 0 Å². The Hall–Kier alpha value is -0.730. The zero-order valence-electron chi connectivity index (χ0n) is 26.0. The fourth-order valence-corrected chi connectivity index (χ4v) is 1.84. The van der Waals surface area contributed by atoms with Crippen molar-refractivity contribution in [2.75, 3.05) is 34.3 Å². The molecule has 360 valence electrons. The first-order valence-electron chi connectivity index (χ1n) is 11.0. The van der Waals surface area contributed by atoms with Crippen LogP contribution in [0.1, 0.15) is 7.43 Å². The van der Waals surface area contributed by atoms with Crippen LogP contribution in [0.3, 0.4) is 0 Å². The Labute approximate surface area is 321 Å². The summed E-state index contributed by atoms with van der Waals surface area (Å²) in [5.74, 6) is 0. The lowest BCUT2D eigenvalue weighted by Crippen LogP contribution is -3.00. The molecule has 0 spiro atoms. The van der Waals surface area contributed by atoms with Gasteiger partial charge in [-0.05, 0) is 0 Å². The molecule has 0 saturated carbocycles. The molecule has 1 unspecified atom stereocenters. The molecule has 0 fully saturated rings. The summed E-state index contributed by atoms with van der Waals surface area (Å²) in [6, 6.07) is -1.16. The van der Waals surface area contributed by atoms with Crippen molar-refractivity contribution >= 4 is 50.9 Å². The molecule has 0 aliphatic rings. The third kappa shape index (κ3) is 41.8. The number of halogens is 29. The average Bonchev–Trinajstić information content (AvgIpc) is 2.92. The number of ether oxygens (including phenoxy) is 3. The SMILES string of the molecule is C.COC(C(F)(F)F)C(F)(F)F.COS(=O)(=O)OC.F.FC(F)(F)C(OCCl)C(F)(F)F.FCOC(C(F)(F)F)C(F)(F)F.OC(C(F)(F)F)C(F)(F)F.PI.[F-]. The molecule has 0 aromatic heterocycles. The van der Waals surface area contributed by atoms with Crippen LogP contribution in [-0.2, 0) is 33.0 Å². The second-order valence-corrected chi connectivity index (χ2v) is 9.11. The quantitative estimate of drug-likeness (QED) is 0.123. The van der Waals surface area contributed by atoms with Gasteiger partial charge < -0.3 is 24.0 Å². The lowest BCUT2D eigenvalue weighted by atomic mass is 10.3. The van der Waals surface area contributed by atoms with E-state index in [1.54, 1.807) is 0 Å². The summed E-state index contributed by atoms with van der Waals surface area (Å²) in [7, 11) is -1.25. The summed E-state index contributed by atoms with van der Waals surface area (Å²) in [5, 5.41) is 7.47. The molecule has 8 nitrogen and oxygen atoms in total. The first kappa shape index (κ1) is 76.9. The number of rotatable bonds is 7. The summed E-state index contributed by atoms with van der Waals surface area (Å²) in [4.78, 5) is 0. The third-order valence-electron chi connectivity index (χ3n) is 3.51. The normalized spacial score (nSPS) is 12.7. The van der Waals surface area contributed by atoms with Gasteiger partial charge in [0.05, 0.1) is 14.2 Å². The number of hydrogen-bond donors (Lipinski definition) is 1. The fraction of sp³-hybridized carbons (Fsp3) is 1.00. The van der Waals surface area contributed by atoms with Crippen molar-refractivity contribution in [3.05, 3.63) is 0 Å². The summed E-state index contributed by atoms with van der Waals surface area (Å²) in [6.45, 7) is 0.251. The van der Waals surface area contributed by atoms with E-state index in [4.69, 9.17) is 5.11 Å². The van der Waals surface area contributed by atoms with Crippen LogP contribution in [0.4, 0.5) is 114 Å².